The number of benzene rings is 2. The second kappa shape index (κ2) is 7.59. The van der Waals surface area contributed by atoms with Crippen molar-refractivity contribution in [1.82, 2.24) is 9.03 Å². The van der Waals surface area contributed by atoms with Gasteiger partial charge in [-0.2, -0.15) is 4.31 Å². The van der Waals surface area contributed by atoms with Gasteiger partial charge in [-0.1, -0.05) is 36.4 Å². The van der Waals surface area contributed by atoms with Crippen LogP contribution in [-0.4, -0.2) is 40.8 Å². The van der Waals surface area contributed by atoms with Gasteiger partial charge in [0, 0.05) is 19.6 Å². The van der Waals surface area contributed by atoms with Crippen LogP contribution in [0.3, 0.4) is 0 Å². The van der Waals surface area contributed by atoms with E-state index in [4.69, 9.17) is 0 Å². The van der Waals surface area contributed by atoms with E-state index in [1.807, 2.05) is 18.2 Å². The van der Waals surface area contributed by atoms with Crippen molar-refractivity contribution < 1.29 is 16.8 Å². The van der Waals surface area contributed by atoms with E-state index in [0.717, 1.165) is 25.7 Å². The highest BCUT2D eigenvalue weighted by Crippen LogP contribution is 2.33. The van der Waals surface area contributed by atoms with Crippen molar-refractivity contribution in [3.05, 3.63) is 59.7 Å². The molecular formula is C20H24N2O4S2. The highest BCUT2D eigenvalue weighted by molar-refractivity contribution is 7.92. The molecule has 1 N–H and O–H groups in total. The van der Waals surface area contributed by atoms with Gasteiger partial charge in [0.1, 0.15) is 9.79 Å². The summed E-state index contributed by atoms with van der Waals surface area (Å²) in [5.41, 5.74) is 2.42. The molecule has 1 aliphatic heterocycles. The van der Waals surface area contributed by atoms with Crippen molar-refractivity contribution in [3.8, 4) is 0 Å². The molecule has 0 spiro atoms. The maximum atomic E-state index is 13.0. The standard InChI is InChI=1S/C20H24N2O4S2/c23-27(24,21-15-17-12-11-16-7-1-2-8-18(16)17)19-9-3-4-10-20(19)28(25,26)22-13-5-6-14-22/h1-4,7-10,17,21H,5-6,11-15H2. The Morgan fingerprint density at radius 1 is 0.893 bits per heavy atom. The normalized spacial score (nSPS) is 20.4. The van der Waals surface area contributed by atoms with Crippen LogP contribution < -0.4 is 4.72 Å². The van der Waals surface area contributed by atoms with Crippen LogP contribution in [0.1, 0.15) is 36.3 Å². The molecule has 28 heavy (non-hydrogen) atoms. The first-order chi connectivity index (χ1) is 13.4. The summed E-state index contributed by atoms with van der Waals surface area (Å²) in [4.78, 5) is -0.315. The van der Waals surface area contributed by atoms with E-state index in [1.54, 1.807) is 12.1 Å². The molecule has 1 heterocycles. The average molecular weight is 421 g/mol. The van der Waals surface area contributed by atoms with Crippen molar-refractivity contribution in [2.75, 3.05) is 19.6 Å². The number of rotatable bonds is 6. The minimum absolute atomic E-state index is 0.105. The monoisotopic (exact) mass is 420 g/mol. The second-order valence-electron chi connectivity index (χ2n) is 7.34. The number of nitrogens with zero attached hydrogens (tertiary/aromatic N) is 1. The van der Waals surface area contributed by atoms with Gasteiger partial charge in [-0.15, -0.1) is 0 Å². The summed E-state index contributed by atoms with van der Waals surface area (Å²) in [5, 5.41) is 0. The lowest BCUT2D eigenvalue weighted by atomic mass is 10.0. The van der Waals surface area contributed by atoms with Gasteiger partial charge >= 0.3 is 0 Å². The summed E-state index contributed by atoms with van der Waals surface area (Å²) in [6, 6.07) is 13.9. The van der Waals surface area contributed by atoms with Gasteiger partial charge in [0.05, 0.1) is 0 Å². The largest absolute Gasteiger partial charge is 0.244 e. The Morgan fingerprint density at radius 3 is 2.29 bits per heavy atom. The molecule has 1 unspecified atom stereocenters. The van der Waals surface area contributed by atoms with Crippen molar-refractivity contribution in [2.45, 2.75) is 41.4 Å². The molecule has 6 nitrogen and oxygen atoms in total. The van der Waals surface area contributed by atoms with E-state index in [-0.39, 0.29) is 22.3 Å². The number of fused-ring (bicyclic) bond motifs is 1. The molecule has 4 rings (SSSR count). The lowest BCUT2D eigenvalue weighted by Gasteiger charge is -2.19. The molecule has 0 amide bonds. The first-order valence-corrected chi connectivity index (χ1v) is 12.5. The fourth-order valence-corrected chi connectivity index (χ4v) is 7.50. The number of aryl methyl sites for hydroxylation is 1. The maximum Gasteiger partial charge on any atom is 0.244 e. The zero-order valence-electron chi connectivity index (χ0n) is 15.5. The van der Waals surface area contributed by atoms with E-state index >= 15 is 0 Å². The Kier molecular flexibility index (Phi) is 5.30. The van der Waals surface area contributed by atoms with Gasteiger partial charge in [0.25, 0.3) is 0 Å². The van der Waals surface area contributed by atoms with Gasteiger partial charge in [0.2, 0.25) is 20.0 Å². The lowest BCUT2D eigenvalue weighted by molar-refractivity contribution is 0.474. The molecule has 1 aliphatic carbocycles. The quantitative estimate of drug-likeness (QED) is 0.778. The Hall–Kier alpha value is -1.74. The Bertz CT molecular complexity index is 1070. The molecule has 0 saturated carbocycles. The molecule has 2 aromatic rings. The van der Waals surface area contributed by atoms with Crippen molar-refractivity contribution in [1.29, 1.82) is 0 Å². The molecule has 8 heteroatoms. The van der Waals surface area contributed by atoms with Gasteiger partial charge < -0.3 is 0 Å². The predicted molar refractivity (Wildman–Crippen MR) is 107 cm³/mol. The molecule has 1 atom stereocenters. The molecule has 2 aromatic carbocycles. The Balaban J connectivity index is 1.59. The molecule has 0 bridgehead atoms. The summed E-state index contributed by atoms with van der Waals surface area (Å²) in [6.07, 6.45) is 3.42. The Morgan fingerprint density at radius 2 is 1.54 bits per heavy atom. The van der Waals surface area contributed by atoms with Crippen LogP contribution in [0.4, 0.5) is 0 Å². The first-order valence-electron chi connectivity index (χ1n) is 9.56. The van der Waals surface area contributed by atoms with Crippen LogP contribution in [0.15, 0.2) is 58.3 Å². The van der Waals surface area contributed by atoms with Crippen LogP contribution in [0.2, 0.25) is 0 Å². The Labute approximate surface area is 166 Å². The first kappa shape index (κ1) is 19.6. The van der Waals surface area contributed by atoms with Gasteiger partial charge in [0.15, 0.2) is 0 Å². The highest BCUT2D eigenvalue weighted by Gasteiger charge is 2.33. The number of nitrogens with one attached hydrogen (secondary N) is 1. The zero-order chi connectivity index (χ0) is 19.8. The van der Waals surface area contributed by atoms with E-state index in [2.05, 4.69) is 10.8 Å². The molecule has 150 valence electrons. The van der Waals surface area contributed by atoms with Crippen molar-refractivity contribution >= 4 is 20.0 Å². The fraction of sp³-hybridized carbons (Fsp3) is 0.400. The smallest absolute Gasteiger partial charge is 0.210 e. The third-order valence-corrected chi connectivity index (χ3v) is 9.17. The van der Waals surface area contributed by atoms with Crippen LogP contribution in [0, 0.1) is 0 Å². The molecule has 1 saturated heterocycles. The number of hydrogen-bond donors (Lipinski definition) is 1. The number of hydrogen-bond acceptors (Lipinski definition) is 4. The van der Waals surface area contributed by atoms with Crippen LogP contribution in [0.5, 0.6) is 0 Å². The lowest BCUT2D eigenvalue weighted by Crippen LogP contribution is -2.32. The summed E-state index contributed by atoms with van der Waals surface area (Å²) < 4.78 is 55.9. The van der Waals surface area contributed by atoms with Gasteiger partial charge in [-0.25, -0.2) is 21.6 Å². The topological polar surface area (TPSA) is 83.5 Å². The third-order valence-electron chi connectivity index (χ3n) is 5.60. The minimum Gasteiger partial charge on any atom is -0.210 e. The van der Waals surface area contributed by atoms with Crippen molar-refractivity contribution in [3.63, 3.8) is 0 Å². The second-order valence-corrected chi connectivity index (χ2v) is 11.0. The summed E-state index contributed by atoms with van der Waals surface area (Å²) in [6.45, 7) is 1.13. The SMILES string of the molecule is O=S(=O)(NCC1CCc2ccccc21)c1ccccc1S(=O)(=O)N1CCCC1. The third kappa shape index (κ3) is 3.61. The van der Waals surface area contributed by atoms with Gasteiger partial charge in [-0.3, -0.25) is 0 Å². The van der Waals surface area contributed by atoms with Crippen LogP contribution in [-0.2, 0) is 26.5 Å². The molecule has 2 aliphatic rings. The maximum absolute atomic E-state index is 13.0. The van der Waals surface area contributed by atoms with E-state index < -0.39 is 20.0 Å². The highest BCUT2D eigenvalue weighted by atomic mass is 32.2. The predicted octanol–water partition coefficient (Wildman–Crippen LogP) is 2.48. The summed E-state index contributed by atoms with van der Waals surface area (Å²) in [5.74, 6) is 0.105. The van der Waals surface area contributed by atoms with Crippen LogP contribution in [0.25, 0.3) is 0 Å². The fourth-order valence-electron chi connectivity index (χ4n) is 4.10. The molecule has 1 fully saturated rings. The van der Waals surface area contributed by atoms with Crippen molar-refractivity contribution in [2.24, 2.45) is 0 Å². The van der Waals surface area contributed by atoms with E-state index in [9.17, 15) is 16.8 Å². The molecular weight excluding hydrogens is 396 g/mol. The molecule has 0 radical (unpaired) electrons. The van der Waals surface area contributed by atoms with Gasteiger partial charge in [-0.05, 0) is 54.9 Å². The van der Waals surface area contributed by atoms with E-state index in [1.165, 1.54) is 27.6 Å². The number of sulfonamides is 2. The average Bonchev–Trinajstić information content (AvgIpc) is 3.37. The zero-order valence-corrected chi connectivity index (χ0v) is 17.2. The minimum atomic E-state index is -3.95. The van der Waals surface area contributed by atoms with E-state index in [0.29, 0.717) is 13.1 Å². The summed E-state index contributed by atoms with van der Waals surface area (Å²) >= 11 is 0. The van der Waals surface area contributed by atoms with Crippen LogP contribution >= 0.6 is 0 Å². The molecule has 0 aromatic heterocycles. The summed E-state index contributed by atoms with van der Waals surface area (Å²) in [7, 11) is -7.77.